The number of nitrogens with zero attached hydrogens (tertiary/aromatic N) is 3. The molecule has 21 heavy (non-hydrogen) atoms. The van der Waals surface area contributed by atoms with Crippen LogP contribution in [0.1, 0.15) is 31.2 Å². The molecule has 1 aromatic heterocycles. The number of hydrogen-bond donors (Lipinski definition) is 1. The van der Waals surface area contributed by atoms with Crippen LogP contribution in [0, 0.1) is 5.92 Å². The molecule has 0 amide bonds. The summed E-state index contributed by atoms with van der Waals surface area (Å²) >= 11 is 0. The molecule has 4 rings (SSSR count). The SMILES string of the molecule is O[C@@H]1C[C@@H](c2nc(-c3ccccc3)no2)N(CC2CC2)C1. The molecule has 0 radical (unpaired) electrons. The second-order valence-electron chi connectivity index (χ2n) is 6.12. The van der Waals surface area contributed by atoms with Crippen LogP contribution in [0.4, 0.5) is 0 Å². The average molecular weight is 285 g/mol. The minimum Gasteiger partial charge on any atom is -0.392 e. The maximum Gasteiger partial charge on any atom is 0.244 e. The molecule has 1 N–H and O–H groups in total. The Labute approximate surface area is 123 Å². The molecule has 1 aliphatic carbocycles. The zero-order valence-corrected chi connectivity index (χ0v) is 11.9. The molecule has 5 heteroatoms. The number of aliphatic hydroxyl groups excluding tert-OH is 1. The summed E-state index contributed by atoms with van der Waals surface area (Å²) in [5, 5.41) is 14.0. The third-order valence-electron chi connectivity index (χ3n) is 4.33. The molecule has 2 heterocycles. The number of likely N-dealkylation sites (tertiary alicyclic amines) is 1. The second kappa shape index (κ2) is 5.24. The molecule has 0 spiro atoms. The van der Waals surface area contributed by atoms with Crippen LogP contribution in [-0.2, 0) is 0 Å². The molecule has 1 aliphatic heterocycles. The Morgan fingerprint density at radius 3 is 2.81 bits per heavy atom. The molecule has 0 bridgehead atoms. The van der Waals surface area contributed by atoms with E-state index in [0.29, 0.717) is 24.7 Å². The van der Waals surface area contributed by atoms with Crippen molar-refractivity contribution in [3.63, 3.8) is 0 Å². The Hall–Kier alpha value is -1.72. The lowest BCUT2D eigenvalue weighted by molar-refractivity contribution is 0.170. The van der Waals surface area contributed by atoms with Crippen LogP contribution in [0.2, 0.25) is 0 Å². The van der Waals surface area contributed by atoms with E-state index in [-0.39, 0.29) is 12.1 Å². The third-order valence-corrected chi connectivity index (χ3v) is 4.33. The Balaban J connectivity index is 1.56. The van der Waals surface area contributed by atoms with E-state index in [2.05, 4.69) is 15.0 Å². The molecule has 5 nitrogen and oxygen atoms in total. The van der Waals surface area contributed by atoms with E-state index in [4.69, 9.17) is 4.52 Å². The summed E-state index contributed by atoms with van der Waals surface area (Å²) in [5.41, 5.74) is 0.958. The average Bonchev–Trinajstić information content (AvgIpc) is 3.05. The van der Waals surface area contributed by atoms with Crippen LogP contribution in [0.3, 0.4) is 0 Å². The molecule has 1 saturated carbocycles. The van der Waals surface area contributed by atoms with Gasteiger partial charge in [-0.1, -0.05) is 35.5 Å². The van der Waals surface area contributed by atoms with Gasteiger partial charge in [-0.05, 0) is 25.2 Å². The monoisotopic (exact) mass is 285 g/mol. The summed E-state index contributed by atoms with van der Waals surface area (Å²) in [6, 6.07) is 9.90. The molecule has 1 aromatic carbocycles. The fraction of sp³-hybridized carbons (Fsp3) is 0.500. The van der Waals surface area contributed by atoms with Crippen LogP contribution in [0.5, 0.6) is 0 Å². The summed E-state index contributed by atoms with van der Waals surface area (Å²) in [6.07, 6.45) is 3.00. The first-order chi connectivity index (χ1) is 10.3. The van der Waals surface area contributed by atoms with Crippen LogP contribution in [0.25, 0.3) is 11.4 Å². The van der Waals surface area contributed by atoms with Gasteiger partial charge in [-0.25, -0.2) is 0 Å². The standard InChI is InChI=1S/C16H19N3O2/c20-13-8-14(19(10-13)9-11-6-7-11)16-17-15(18-21-16)12-4-2-1-3-5-12/h1-5,11,13-14,20H,6-10H2/t13-,14+/m1/s1. The van der Waals surface area contributed by atoms with Gasteiger partial charge in [-0.15, -0.1) is 0 Å². The third kappa shape index (κ3) is 2.71. The lowest BCUT2D eigenvalue weighted by Gasteiger charge is -2.20. The summed E-state index contributed by atoms with van der Waals surface area (Å²) in [4.78, 5) is 6.84. The lowest BCUT2D eigenvalue weighted by Crippen LogP contribution is -2.27. The lowest BCUT2D eigenvalue weighted by atomic mass is 10.2. The summed E-state index contributed by atoms with van der Waals surface area (Å²) < 4.78 is 5.47. The molecule has 2 atom stereocenters. The van der Waals surface area contributed by atoms with Crippen molar-refractivity contribution < 1.29 is 9.63 Å². The van der Waals surface area contributed by atoms with Gasteiger partial charge in [-0.2, -0.15) is 4.98 Å². The smallest absolute Gasteiger partial charge is 0.244 e. The zero-order chi connectivity index (χ0) is 14.2. The van der Waals surface area contributed by atoms with Crippen molar-refractivity contribution in [1.82, 2.24) is 15.0 Å². The van der Waals surface area contributed by atoms with E-state index < -0.39 is 0 Å². The number of hydrogen-bond acceptors (Lipinski definition) is 5. The van der Waals surface area contributed by atoms with E-state index in [1.54, 1.807) is 0 Å². The van der Waals surface area contributed by atoms with Crippen molar-refractivity contribution in [2.24, 2.45) is 5.92 Å². The van der Waals surface area contributed by atoms with E-state index >= 15 is 0 Å². The van der Waals surface area contributed by atoms with E-state index in [9.17, 15) is 5.11 Å². The molecule has 2 fully saturated rings. The van der Waals surface area contributed by atoms with Crippen molar-refractivity contribution >= 4 is 0 Å². The van der Waals surface area contributed by atoms with Gasteiger partial charge in [0, 0.05) is 18.7 Å². The molecule has 2 aromatic rings. The van der Waals surface area contributed by atoms with Crippen LogP contribution < -0.4 is 0 Å². The number of β-amino-alcohol motifs (C(OH)–C–C–N with tert-alkyl or cyclic N) is 1. The van der Waals surface area contributed by atoms with E-state index in [1.807, 2.05) is 30.3 Å². The maximum absolute atomic E-state index is 9.96. The van der Waals surface area contributed by atoms with Crippen molar-refractivity contribution in [3.8, 4) is 11.4 Å². The first-order valence-electron chi connectivity index (χ1n) is 7.61. The summed E-state index contributed by atoms with van der Waals surface area (Å²) in [6.45, 7) is 1.75. The van der Waals surface area contributed by atoms with Crippen LogP contribution in [0.15, 0.2) is 34.9 Å². The van der Waals surface area contributed by atoms with Crippen molar-refractivity contribution in [1.29, 1.82) is 0 Å². The molecule has 110 valence electrons. The van der Waals surface area contributed by atoms with Gasteiger partial charge in [0.2, 0.25) is 11.7 Å². The molecule has 2 aliphatic rings. The fourth-order valence-electron chi connectivity index (χ4n) is 3.05. The highest BCUT2D eigenvalue weighted by molar-refractivity contribution is 5.53. The number of aliphatic hydroxyl groups is 1. The Morgan fingerprint density at radius 2 is 2.05 bits per heavy atom. The Morgan fingerprint density at radius 1 is 1.24 bits per heavy atom. The molecule has 1 saturated heterocycles. The van der Waals surface area contributed by atoms with Crippen molar-refractivity contribution in [2.45, 2.75) is 31.4 Å². The normalized spacial score (nSPS) is 26.3. The van der Waals surface area contributed by atoms with Gasteiger partial charge < -0.3 is 9.63 Å². The van der Waals surface area contributed by atoms with Gasteiger partial charge >= 0.3 is 0 Å². The summed E-state index contributed by atoms with van der Waals surface area (Å²) in [7, 11) is 0. The predicted molar refractivity (Wildman–Crippen MR) is 77.4 cm³/mol. The minimum absolute atomic E-state index is 0.0607. The number of aromatic nitrogens is 2. The second-order valence-corrected chi connectivity index (χ2v) is 6.12. The van der Waals surface area contributed by atoms with Gasteiger partial charge in [0.05, 0.1) is 12.1 Å². The Kier molecular flexibility index (Phi) is 3.24. The van der Waals surface area contributed by atoms with E-state index in [1.165, 1.54) is 12.8 Å². The Bertz CT molecular complexity index is 609. The zero-order valence-electron chi connectivity index (χ0n) is 11.9. The van der Waals surface area contributed by atoms with Gasteiger partial charge in [0.1, 0.15) is 0 Å². The van der Waals surface area contributed by atoms with Crippen molar-refractivity contribution in [3.05, 3.63) is 36.2 Å². The van der Waals surface area contributed by atoms with Crippen LogP contribution in [-0.4, -0.2) is 39.3 Å². The number of benzene rings is 1. The highest BCUT2D eigenvalue weighted by Crippen LogP contribution is 2.37. The van der Waals surface area contributed by atoms with Gasteiger partial charge in [-0.3, -0.25) is 4.90 Å². The van der Waals surface area contributed by atoms with Crippen LogP contribution >= 0.6 is 0 Å². The topological polar surface area (TPSA) is 62.4 Å². The highest BCUT2D eigenvalue weighted by atomic mass is 16.5. The number of rotatable bonds is 4. The van der Waals surface area contributed by atoms with Crippen molar-refractivity contribution in [2.75, 3.05) is 13.1 Å². The minimum atomic E-state index is -0.291. The molecule has 0 unspecified atom stereocenters. The first kappa shape index (κ1) is 13.0. The predicted octanol–water partition coefficient (Wildman–Crippen LogP) is 2.25. The fourth-order valence-corrected chi connectivity index (χ4v) is 3.05. The molecular formula is C16H19N3O2. The van der Waals surface area contributed by atoms with E-state index in [0.717, 1.165) is 18.0 Å². The molecular weight excluding hydrogens is 266 g/mol. The van der Waals surface area contributed by atoms with Gasteiger partial charge in [0.25, 0.3) is 0 Å². The summed E-state index contributed by atoms with van der Waals surface area (Å²) in [5.74, 6) is 2.04. The maximum atomic E-state index is 9.96. The largest absolute Gasteiger partial charge is 0.392 e. The first-order valence-corrected chi connectivity index (χ1v) is 7.61. The van der Waals surface area contributed by atoms with Gasteiger partial charge in [0.15, 0.2) is 0 Å². The highest BCUT2D eigenvalue weighted by Gasteiger charge is 2.38. The quantitative estimate of drug-likeness (QED) is 0.933.